The number of hydrogen-bond donors (Lipinski definition) is 7. The molecule has 6 rings (SSSR count). The SMILES string of the molecule is Cc1cc(C(C)(C)C)c(Cc2c(Oc3c(C(C)(C)C)cc(C)cc3C(C)(C)C)c(C)c(-c3c(C(C)(C)C)cc(C)cc3C(C)(C)C)c(Sc3cc(C)c(O)c(C)c3)c2-c2c(C(C)(C)C)cc(C)cc2C(C)(C)C)c(C(C)(C)C)c1.OP(O)O.OP(O)O. The number of phenols is 1. The molecule has 0 saturated carbocycles. The number of rotatable bonds is 8. The molecule has 0 fully saturated rings. The fraction of sp³-hybridized carbons (Fsp3) is 0.526. The fourth-order valence-corrected chi connectivity index (χ4v) is 13.4. The van der Waals surface area contributed by atoms with Crippen molar-refractivity contribution in [2.75, 3.05) is 0 Å². The van der Waals surface area contributed by atoms with Gasteiger partial charge in [-0.15, -0.1) is 0 Å². The maximum absolute atomic E-state index is 11.5. The van der Waals surface area contributed by atoms with Gasteiger partial charge in [-0.3, -0.25) is 0 Å². The number of aryl methyl sites for hydroxylation is 6. The zero-order valence-electron chi connectivity index (χ0n) is 59.3. The van der Waals surface area contributed by atoms with Gasteiger partial charge in [-0.1, -0.05) is 249 Å². The third-order valence-electron chi connectivity index (χ3n) is 16.1. The van der Waals surface area contributed by atoms with Crippen LogP contribution >= 0.6 is 29.0 Å². The predicted octanol–water partition coefficient (Wildman–Crippen LogP) is 21.2. The Bertz CT molecular complexity index is 3280. The van der Waals surface area contributed by atoms with E-state index in [-0.39, 0.29) is 43.3 Å². The first-order chi connectivity index (χ1) is 39.0. The van der Waals surface area contributed by atoms with Crippen molar-refractivity contribution in [2.24, 2.45) is 0 Å². The summed E-state index contributed by atoms with van der Waals surface area (Å²) >= 11 is 1.88. The first-order valence-electron chi connectivity index (χ1n) is 30.7. The number of ether oxygens (including phenoxy) is 1. The first-order valence-corrected chi connectivity index (χ1v) is 33.9. The van der Waals surface area contributed by atoms with Crippen molar-refractivity contribution < 1.29 is 39.2 Å². The molecule has 0 heterocycles. The van der Waals surface area contributed by atoms with Gasteiger partial charge in [0.2, 0.25) is 0 Å². The Labute approximate surface area is 534 Å². The largest absolute Gasteiger partial charge is 0.507 e. The van der Waals surface area contributed by atoms with Crippen molar-refractivity contribution in [3.63, 3.8) is 0 Å². The molecule has 11 heteroatoms. The van der Waals surface area contributed by atoms with Gasteiger partial charge in [-0.2, -0.15) is 0 Å². The average Bonchev–Trinajstić information content (AvgIpc) is 0.718. The minimum Gasteiger partial charge on any atom is -0.507 e. The molecule has 0 aliphatic carbocycles. The molecule has 6 aromatic carbocycles. The zero-order chi connectivity index (χ0) is 67.4. The van der Waals surface area contributed by atoms with E-state index in [1.807, 2.05) is 25.6 Å². The van der Waals surface area contributed by atoms with Gasteiger partial charge in [-0.25, -0.2) is 0 Å². The second kappa shape index (κ2) is 27.0. The summed E-state index contributed by atoms with van der Waals surface area (Å²) < 4.78 is 8.45. The summed E-state index contributed by atoms with van der Waals surface area (Å²) in [6.07, 6.45) is 0.640. The summed E-state index contributed by atoms with van der Waals surface area (Å²) in [5.41, 5.74) is 24.2. The second-order valence-corrected chi connectivity index (χ2v) is 35.0. The topological polar surface area (TPSA) is 151 Å². The van der Waals surface area contributed by atoms with Crippen LogP contribution in [0.5, 0.6) is 17.2 Å². The number of phenolic OH excluding ortho intramolecular Hbond substituents is 1. The van der Waals surface area contributed by atoms with Gasteiger partial charge in [0.15, 0.2) is 0 Å². The molecule has 0 unspecified atom stereocenters. The first kappa shape index (κ1) is 75.3. The van der Waals surface area contributed by atoms with Crippen LogP contribution in [0.4, 0.5) is 0 Å². The molecule has 6 aromatic rings. The smallest absolute Gasteiger partial charge is 0.324 e. The quantitative estimate of drug-likeness (QED) is 0.0739. The van der Waals surface area contributed by atoms with E-state index in [0.717, 1.165) is 33.1 Å². The van der Waals surface area contributed by atoms with Crippen molar-refractivity contribution in [3.8, 4) is 39.5 Å². The summed E-state index contributed by atoms with van der Waals surface area (Å²) in [5, 5.41) is 11.5. The Morgan fingerprint density at radius 2 is 0.586 bits per heavy atom. The molecule has 0 bridgehead atoms. The molecular formula is C76H112O8P2S. The van der Waals surface area contributed by atoms with Crippen LogP contribution in [0.2, 0.25) is 0 Å². The van der Waals surface area contributed by atoms with Gasteiger partial charge in [0.1, 0.15) is 17.2 Å². The number of benzene rings is 6. The molecular weight excluding hydrogens is 1130 g/mol. The highest BCUT2D eigenvalue weighted by molar-refractivity contribution is 7.99. The van der Waals surface area contributed by atoms with Crippen molar-refractivity contribution in [1.82, 2.24) is 0 Å². The van der Waals surface area contributed by atoms with Crippen molar-refractivity contribution >= 4 is 29.0 Å². The second-order valence-electron chi connectivity index (χ2n) is 32.8. The van der Waals surface area contributed by atoms with Gasteiger partial charge < -0.3 is 39.2 Å². The Kier molecular flexibility index (Phi) is 23.4. The zero-order valence-corrected chi connectivity index (χ0v) is 61.9. The van der Waals surface area contributed by atoms with E-state index in [4.69, 9.17) is 34.1 Å². The lowest BCUT2D eigenvalue weighted by atomic mass is 9.69. The van der Waals surface area contributed by atoms with E-state index < -0.39 is 17.2 Å². The van der Waals surface area contributed by atoms with E-state index in [9.17, 15) is 5.11 Å². The van der Waals surface area contributed by atoms with Gasteiger partial charge >= 0.3 is 17.2 Å². The predicted molar refractivity (Wildman–Crippen MR) is 375 cm³/mol. The fourth-order valence-electron chi connectivity index (χ4n) is 12.1. The van der Waals surface area contributed by atoms with Crippen LogP contribution in [0.25, 0.3) is 22.3 Å². The van der Waals surface area contributed by atoms with Crippen LogP contribution in [0, 0.1) is 48.5 Å². The lowest BCUT2D eigenvalue weighted by Crippen LogP contribution is -2.24. The summed E-state index contributed by atoms with van der Waals surface area (Å²) in [4.78, 5) is 45.7. The highest BCUT2D eigenvalue weighted by Crippen LogP contribution is 2.59. The van der Waals surface area contributed by atoms with Crippen LogP contribution in [-0.4, -0.2) is 34.5 Å². The van der Waals surface area contributed by atoms with Crippen LogP contribution in [-0.2, 0) is 49.7 Å². The maximum atomic E-state index is 11.5. The summed E-state index contributed by atoms with van der Waals surface area (Å²) in [7, 11) is -5.24. The number of aromatic hydroxyl groups is 1. The minimum absolute atomic E-state index is 0.173. The normalized spacial score (nSPS) is 13.0. The highest BCUT2D eigenvalue weighted by Gasteiger charge is 2.40. The lowest BCUT2D eigenvalue weighted by molar-refractivity contribution is 0.366. The third-order valence-corrected chi connectivity index (χ3v) is 17.2. The molecule has 7 N–H and O–H groups in total. The molecule has 0 radical (unpaired) electrons. The van der Waals surface area contributed by atoms with Crippen LogP contribution in [0.1, 0.15) is 261 Å². The molecule has 0 aliphatic heterocycles. The standard InChI is InChI=1S/C76H106O2S.2H3O3P/c1-43-32-53(69(8,9)10)51(54(33-43)70(11,12)13)42-52-62(64-57(73(20,21)22)36-45(3)37-58(64)74(23,24)25)68(79-50-40-47(5)65(77)48(6)41-50)61(63-55(71(14,15)16)34-44(2)35-56(63)72(17,18)19)49(7)66(52)78-67-59(75(26,27)28)38-46(4)39-60(67)76(29,30)31;2*1-4(2)3/h32-41,77H,42H2,1-31H3;2*1-3H. The van der Waals surface area contributed by atoms with Crippen LogP contribution in [0.3, 0.4) is 0 Å². The third kappa shape index (κ3) is 18.5. The molecule has 480 valence electrons. The molecule has 0 aliphatic rings. The van der Waals surface area contributed by atoms with E-state index in [1.54, 1.807) is 0 Å². The number of hydrogen-bond acceptors (Lipinski definition) is 9. The van der Waals surface area contributed by atoms with Crippen molar-refractivity contribution in [2.45, 2.75) is 274 Å². The Balaban J connectivity index is 0.00000190. The molecule has 8 nitrogen and oxygen atoms in total. The molecule has 0 saturated heterocycles. The van der Waals surface area contributed by atoms with Crippen molar-refractivity contribution in [3.05, 3.63) is 155 Å². The minimum atomic E-state index is -2.62. The van der Waals surface area contributed by atoms with Gasteiger partial charge in [0, 0.05) is 49.6 Å². The maximum Gasteiger partial charge on any atom is 0.324 e. The van der Waals surface area contributed by atoms with Gasteiger partial charge in [0.25, 0.3) is 0 Å². The monoisotopic (exact) mass is 1250 g/mol. The Morgan fingerprint density at radius 1 is 0.333 bits per heavy atom. The lowest BCUT2D eigenvalue weighted by Gasteiger charge is -2.38. The Morgan fingerprint density at radius 3 is 0.862 bits per heavy atom. The van der Waals surface area contributed by atoms with Gasteiger partial charge in [0.05, 0.1) is 0 Å². The molecule has 87 heavy (non-hydrogen) atoms. The van der Waals surface area contributed by atoms with E-state index in [1.165, 1.54) is 105 Å². The summed E-state index contributed by atoms with van der Waals surface area (Å²) in [6.45, 7) is 72.9. The van der Waals surface area contributed by atoms with Crippen molar-refractivity contribution in [1.29, 1.82) is 0 Å². The van der Waals surface area contributed by atoms with Crippen LogP contribution < -0.4 is 4.74 Å². The molecule has 0 spiro atoms. The van der Waals surface area contributed by atoms with Crippen LogP contribution in [0.15, 0.2) is 70.5 Å². The summed E-state index contributed by atoms with van der Waals surface area (Å²) in [6, 6.07) is 24.1. The van der Waals surface area contributed by atoms with E-state index in [0.29, 0.717) is 12.2 Å². The molecule has 0 atom stereocenters. The summed E-state index contributed by atoms with van der Waals surface area (Å²) in [5.74, 6) is 2.25. The van der Waals surface area contributed by atoms with Gasteiger partial charge in [-0.05, 0) is 165 Å². The average molecular weight is 1250 g/mol. The Hall–Kier alpha value is -4.11. The molecule has 0 amide bonds. The highest BCUT2D eigenvalue weighted by atomic mass is 32.2. The van der Waals surface area contributed by atoms with E-state index >= 15 is 0 Å². The molecule has 0 aromatic heterocycles. The van der Waals surface area contributed by atoms with E-state index in [2.05, 4.69) is 261 Å².